The molecule has 3 aromatic rings. The molecular weight excluding hydrogens is 462 g/mol. The van der Waals surface area contributed by atoms with Crippen molar-refractivity contribution in [2.24, 2.45) is 0 Å². The Morgan fingerprint density at radius 1 is 0.971 bits per heavy atom. The van der Waals surface area contributed by atoms with Gasteiger partial charge in [0.15, 0.2) is 11.5 Å². The van der Waals surface area contributed by atoms with Crippen molar-refractivity contribution in [2.75, 3.05) is 50.1 Å². The molecule has 0 aromatic heterocycles. The number of methoxy groups -OCH3 is 1. The number of benzene rings is 3. The standard InChI is InChI=1S/C28H32ClN3O3/c1-4-31-13-15-32(16-14-31)24-10-11-25(20(2)17-24)30-28(33)22-7-12-26(27(18-22)34-3)35-19-21-5-8-23(29)9-6-21/h5-12,17-18H,4,13-16,19H2,1-3H3,(H,30,33). The fraction of sp³-hybridized carbons (Fsp3) is 0.321. The third kappa shape index (κ3) is 6.27. The lowest BCUT2D eigenvalue weighted by molar-refractivity contribution is 0.102. The molecule has 0 saturated carbocycles. The molecule has 1 aliphatic heterocycles. The van der Waals surface area contributed by atoms with Crippen molar-refractivity contribution in [1.29, 1.82) is 0 Å². The summed E-state index contributed by atoms with van der Waals surface area (Å²) in [4.78, 5) is 17.8. The zero-order valence-electron chi connectivity index (χ0n) is 20.5. The van der Waals surface area contributed by atoms with E-state index < -0.39 is 0 Å². The van der Waals surface area contributed by atoms with Gasteiger partial charge in [-0.1, -0.05) is 30.7 Å². The van der Waals surface area contributed by atoms with Crippen LogP contribution in [-0.2, 0) is 6.61 Å². The van der Waals surface area contributed by atoms with Crippen LogP contribution in [0.1, 0.15) is 28.4 Å². The molecule has 0 aliphatic carbocycles. The zero-order chi connectivity index (χ0) is 24.8. The number of nitrogens with one attached hydrogen (secondary N) is 1. The SMILES string of the molecule is CCN1CCN(c2ccc(NC(=O)c3ccc(OCc4ccc(Cl)cc4)c(OC)c3)c(C)c2)CC1. The number of amides is 1. The Balaban J connectivity index is 1.40. The number of ether oxygens (including phenoxy) is 2. The van der Waals surface area contributed by atoms with Gasteiger partial charge < -0.3 is 24.6 Å². The average Bonchev–Trinajstić information content (AvgIpc) is 2.89. The second kappa shape index (κ2) is 11.5. The Kier molecular flexibility index (Phi) is 8.16. The molecule has 0 atom stereocenters. The van der Waals surface area contributed by atoms with Gasteiger partial charge in [0.25, 0.3) is 5.91 Å². The zero-order valence-corrected chi connectivity index (χ0v) is 21.3. The van der Waals surface area contributed by atoms with E-state index in [-0.39, 0.29) is 5.91 Å². The Hall–Kier alpha value is -3.22. The number of halogens is 1. The number of anilines is 2. The number of hydrogen-bond donors (Lipinski definition) is 1. The lowest BCUT2D eigenvalue weighted by atomic mass is 10.1. The molecule has 1 fully saturated rings. The van der Waals surface area contributed by atoms with Crippen LogP contribution >= 0.6 is 11.6 Å². The van der Waals surface area contributed by atoms with E-state index in [0.717, 1.165) is 49.5 Å². The summed E-state index contributed by atoms with van der Waals surface area (Å²) in [6, 6.07) is 18.9. The smallest absolute Gasteiger partial charge is 0.255 e. The summed E-state index contributed by atoms with van der Waals surface area (Å²) in [7, 11) is 1.56. The van der Waals surface area contributed by atoms with E-state index in [4.69, 9.17) is 21.1 Å². The van der Waals surface area contributed by atoms with Crippen LogP contribution in [0.2, 0.25) is 5.02 Å². The lowest BCUT2D eigenvalue weighted by Crippen LogP contribution is -2.46. The summed E-state index contributed by atoms with van der Waals surface area (Å²) in [5.74, 6) is 0.882. The van der Waals surface area contributed by atoms with E-state index in [1.165, 1.54) is 5.69 Å². The highest BCUT2D eigenvalue weighted by molar-refractivity contribution is 6.30. The van der Waals surface area contributed by atoms with Crippen LogP contribution in [0.15, 0.2) is 60.7 Å². The quantitative estimate of drug-likeness (QED) is 0.440. The van der Waals surface area contributed by atoms with Crippen LogP contribution in [0.5, 0.6) is 11.5 Å². The maximum absolute atomic E-state index is 13.0. The van der Waals surface area contributed by atoms with E-state index in [1.54, 1.807) is 25.3 Å². The molecule has 7 heteroatoms. The van der Waals surface area contributed by atoms with Crippen molar-refractivity contribution in [3.8, 4) is 11.5 Å². The van der Waals surface area contributed by atoms with Crippen LogP contribution in [-0.4, -0.2) is 50.6 Å². The van der Waals surface area contributed by atoms with E-state index in [1.807, 2.05) is 37.3 Å². The number of hydrogen-bond acceptors (Lipinski definition) is 5. The largest absolute Gasteiger partial charge is 0.493 e. The Bertz CT molecular complexity index is 1160. The number of aryl methyl sites for hydroxylation is 1. The van der Waals surface area contributed by atoms with Gasteiger partial charge in [0.1, 0.15) is 6.61 Å². The van der Waals surface area contributed by atoms with Gasteiger partial charge in [0.05, 0.1) is 7.11 Å². The molecule has 35 heavy (non-hydrogen) atoms. The molecule has 0 spiro atoms. The maximum Gasteiger partial charge on any atom is 0.255 e. The van der Waals surface area contributed by atoms with Crippen molar-refractivity contribution < 1.29 is 14.3 Å². The second-order valence-electron chi connectivity index (χ2n) is 8.66. The predicted octanol–water partition coefficient (Wildman–Crippen LogP) is 5.63. The molecule has 6 nitrogen and oxygen atoms in total. The first-order valence-electron chi connectivity index (χ1n) is 11.9. The molecule has 184 valence electrons. The first kappa shape index (κ1) is 24.9. The lowest BCUT2D eigenvalue weighted by Gasteiger charge is -2.35. The van der Waals surface area contributed by atoms with E-state index >= 15 is 0 Å². The van der Waals surface area contributed by atoms with Crippen LogP contribution in [0, 0.1) is 6.92 Å². The van der Waals surface area contributed by atoms with Gasteiger partial charge in [-0.15, -0.1) is 0 Å². The molecule has 1 saturated heterocycles. The minimum Gasteiger partial charge on any atom is -0.493 e. The van der Waals surface area contributed by atoms with Gasteiger partial charge in [-0.3, -0.25) is 4.79 Å². The highest BCUT2D eigenvalue weighted by atomic mass is 35.5. The van der Waals surface area contributed by atoms with Gasteiger partial charge >= 0.3 is 0 Å². The molecular formula is C28H32ClN3O3. The monoisotopic (exact) mass is 493 g/mol. The first-order chi connectivity index (χ1) is 17.0. The highest BCUT2D eigenvalue weighted by Gasteiger charge is 2.17. The summed E-state index contributed by atoms with van der Waals surface area (Å²) in [6.45, 7) is 9.89. The molecule has 3 aromatic carbocycles. The Morgan fingerprint density at radius 2 is 1.71 bits per heavy atom. The van der Waals surface area contributed by atoms with E-state index in [0.29, 0.717) is 28.7 Å². The number of rotatable bonds is 8. The van der Waals surface area contributed by atoms with Crippen LogP contribution in [0.25, 0.3) is 0 Å². The minimum absolute atomic E-state index is 0.194. The van der Waals surface area contributed by atoms with Gasteiger partial charge in [-0.25, -0.2) is 0 Å². The van der Waals surface area contributed by atoms with Gasteiger partial charge in [0.2, 0.25) is 0 Å². The Morgan fingerprint density at radius 3 is 2.37 bits per heavy atom. The van der Waals surface area contributed by atoms with Crippen molar-refractivity contribution >= 4 is 28.9 Å². The summed E-state index contributed by atoms with van der Waals surface area (Å²) < 4.78 is 11.4. The van der Waals surface area contributed by atoms with Crippen LogP contribution in [0.3, 0.4) is 0 Å². The average molecular weight is 494 g/mol. The number of likely N-dealkylation sites (N-methyl/N-ethyl adjacent to an activating group) is 1. The fourth-order valence-electron chi connectivity index (χ4n) is 4.17. The predicted molar refractivity (Wildman–Crippen MR) is 142 cm³/mol. The minimum atomic E-state index is -0.194. The maximum atomic E-state index is 13.0. The van der Waals surface area contributed by atoms with E-state index in [9.17, 15) is 4.79 Å². The summed E-state index contributed by atoms with van der Waals surface area (Å²) >= 11 is 5.94. The summed E-state index contributed by atoms with van der Waals surface area (Å²) in [6.07, 6.45) is 0. The van der Waals surface area contributed by atoms with Gasteiger partial charge in [0, 0.05) is 48.1 Å². The van der Waals surface area contributed by atoms with Gasteiger partial charge in [-0.2, -0.15) is 0 Å². The van der Waals surface area contributed by atoms with Crippen LogP contribution in [0.4, 0.5) is 11.4 Å². The molecule has 4 rings (SSSR count). The molecule has 0 bridgehead atoms. The van der Waals surface area contributed by atoms with Crippen molar-refractivity contribution in [3.63, 3.8) is 0 Å². The summed E-state index contributed by atoms with van der Waals surface area (Å²) in [5.41, 5.74) is 4.51. The van der Waals surface area contributed by atoms with Crippen molar-refractivity contribution in [2.45, 2.75) is 20.5 Å². The van der Waals surface area contributed by atoms with Gasteiger partial charge in [-0.05, 0) is 73.1 Å². The molecule has 0 unspecified atom stereocenters. The number of piperazine rings is 1. The highest BCUT2D eigenvalue weighted by Crippen LogP contribution is 2.30. The first-order valence-corrected chi connectivity index (χ1v) is 12.3. The topological polar surface area (TPSA) is 54.0 Å². The Labute approximate surface area is 212 Å². The van der Waals surface area contributed by atoms with Crippen LogP contribution < -0.4 is 19.7 Å². The van der Waals surface area contributed by atoms with E-state index in [2.05, 4.69) is 34.2 Å². The molecule has 1 amide bonds. The van der Waals surface area contributed by atoms with Crippen molar-refractivity contribution in [3.05, 3.63) is 82.4 Å². The second-order valence-corrected chi connectivity index (χ2v) is 9.09. The molecule has 1 heterocycles. The fourth-order valence-corrected chi connectivity index (χ4v) is 4.30. The number of carbonyl (C=O) groups excluding carboxylic acids is 1. The molecule has 0 radical (unpaired) electrons. The van der Waals surface area contributed by atoms with Crippen molar-refractivity contribution in [1.82, 2.24) is 4.90 Å². The number of nitrogens with zero attached hydrogens (tertiary/aromatic N) is 2. The molecule has 1 N–H and O–H groups in total. The number of carbonyl (C=O) groups is 1. The molecule has 1 aliphatic rings. The normalized spacial score (nSPS) is 14.0. The summed E-state index contributed by atoms with van der Waals surface area (Å²) in [5, 5.41) is 3.71. The third-order valence-electron chi connectivity index (χ3n) is 6.38. The third-order valence-corrected chi connectivity index (χ3v) is 6.63.